The van der Waals surface area contributed by atoms with E-state index in [0.717, 1.165) is 24.1 Å². The molecule has 0 radical (unpaired) electrons. The molecule has 0 saturated heterocycles. The fraction of sp³-hybridized carbons (Fsp3) is 0.333. The summed E-state index contributed by atoms with van der Waals surface area (Å²) in [5.41, 5.74) is 10.6. The summed E-state index contributed by atoms with van der Waals surface area (Å²) < 4.78 is 5.79. The number of hydrogen-bond donors (Lipinski definition) is 1. The van der Waals surface area contributed by atoms with Crippen LogP contribution >= 0.6 is 0 Å². The van der Waals surface area contributed by atoms with Crippen molar-refractivity contribution in [1.29, 1.82) is 0 Å². The Balaban J connectivity index is 2.02. The minimum absolute atomic E-state index is 0.280. The van der Waals surface area contributed by atoms with Crippen molar-refractivity contribution in [2.75, 3.05) is 5.73 Å². The van der Waals surface area contributed by atoms with Crippen LogP contribution in [0.25, 0.3) is 22.7 Å². The lowest BCUT2D eigenvalue weighted by Crippen LogP contribution is -2.05. The topological polar surface area (TPSA) is 90.7 Å². The summed E-state index contributed by atoms with van der Waals surface area (Å²) >= 11 is 0. The summed E-state index contributed by atoms with van der Waals surface area (Å²) in [6, 6.07) is 0. The molecule has 6 heteroatoms. The molecule has 6 nitrogen and oxygen atoms in total. The number of hydrogen-bond acceptors (Lipinski definition) is 6. The minimum atomic E-state index is 0.280. The van der Waals surface area contributed by atoms with E-state index in [1.54, 1.807) is 6.20 Å². The first-order valence-electron chi connectivity index (χ1n) is 9.17. The molecule has 2 aromatic rings. The highest BCUT2D eigenvalue weighted by atomic mass is 16.4. The zero-order valence-electron chi connectivity index (χ0n) is 16.2. The lowest BCUT2D eigenvalue weighted by molar-refractivity contribution is 0.551. The number of anilines is 1. The molecule has 0 atom stereocenters. The molecule has 0 saturated carbocycles. The van der Waals surface area contributed by atoms with Crippen LogP contribution in [0.1, 0.15) is 52.1 Å². The molecule has 1 aliphatic carbocycles. The third-order valence-electron chi connectivity index (χ3n) is 4.44. The average molecular weight is 363 g/mol. The molecule has 0 unspecified atom stereocenters. The first-order valence-corrected chi connectivity index (χ1v) is 9.17. The predicted molar refractivity (Wildman–Crippen MR) is 108 cm³/mol. The maximum atomic E-state index is 6.05. The maximum Gasteiger partial charge on any atom is 0.270 e. The van der Waals surface area contributed by atoms with E-state index in [9.17, 15) is 0 Å². The van der Waals surface area contributed by atoms with Crippen molar-refractivity contribution in [3.05, 3.63) is 53.7 Å². The Morgan fingerprint density at radius 3 is 2.85 bits per heavy atom. The lowest BCUT2D eigenvalue weighted by atomic mass is 9.88. The van der Waals surface area contributed by atoms with Crippen molar-refractivity contribution in [3.63, 3.8) is 0 Å². The number of nitrogens with zero attached hydrogens (tertiary/aromatic N) is 4. The van der Waals surface area contributed by atoms with Crippen LogP contribution in [0.2, 0.25) is 0 Å². The van der Waals surface area contributed by atoms with Crippen molar-refractivity contribution in [2.45, 2.75) is 40.5 Å². The Morgan fingerprint density at radius 1 is 1.30 bits per heavy atom. The van der Waals surface area contributed by atoms with Crippen molar-refractivity contribution in [1.82, 2.24) is 20.2 Å². The first kappa shape index (κ1) is 18.8. The highest BCUT2D eigenvalue weighted by Gasteiger charge is 2.19. The molecule has 3 rings (SSSR count). The first-order chi connectivity index (χ1) is 13.0. The van der Waals surface area contributed by atoms with Gasteiger partial charge in [-0.05, 0) is 43.8 Å². The van der Waals surface area contributed by atoms with Crippen molar-refractivity contribution in [2.24, 2.45) is 5.92 Å². The highest BCUT2D eigenvalue weighted by Crippen LogP contribution is 2.33. The van der Waals surface area contributed by atoms with Gasteiger partial charge in [0.15, 0.2) is 11.5 Å². The van der Waals surface area contributed by atoms with Crippen LogP contribution in [-0.2, 0) is 0 Å². The fourth-order valence-electron chi connectivity index (χ4n) is 2.99. The zero-order chi connectivity index (χ0) is 19.4. The number of allylic oxidation sites excluding steroid dienone is 8. The second-order valence-electron chi connectivity index (χ2n) is 6.81. The Morgan fingerprint density at radius 2 is 2.11 bits per heavy atom. The molecule has 140 valence electrons. The molecule has 27 heavy (non-hydrogen) atoms. The van der Waals surface area contributed by atoms with Crippen molar-refractivity contribution >= 4 is 17.0 Å². The van der Waals surface area contributed by atoms with Gasteiger partial charge in [0.25, 0.3) is 5.89 Å². The Hall–Kier alpha value is -3.02. The summed E-state index contributed by atoms with van der Waals surface area (Å²) in [4.78, 5) is 9.06. The van der Waals surface area contributed by atoms with Crippen LogP contribution in [0.15, 0.2) is 46.6 Å². The monoisotopic (exact) mass is 363 g/mol. The van der Waals surface area contributed by atoms with Crippen LogP contribution in [0.3, 0.4) is 0 Å². The van der Waals surface area contributed by atoms with Crippen molar-refractivity contribution in [3.8, 4) is 11.6 Å². The molecule has 0 bridgehead atoms. The third kappa shape index (κ3) is 4.05. The number of nitrogen functional groups attached to an aromatic ring is 1. The smallest absolute Gasteiger partial charge is 0.270 e. The van der Waals surface area contributed by atoms with Crippen LogP contribution in [-0.4, -0.2) is 20.2 Å². The molecule has 2 N–H and O–H groups in total. The average Bonchev–Trinajstić information content (AvgIpc) is 3.16. The minimum Gasteiger partial charge on any atom is -0.415 e. The van der Waals surface area contributed by atoms with Gasteiger partial charge in [0.2, 0.25) is 5.89 Å². The summed E-state index contributed by atoms with van der Waals surface area (Å²) in [5.74, 6) is 1.41. The Kier molecular flexibility index (Phi) is 5.64. The van der Waals surface area contributed by atoms with Crippen LogP contribution < -0.4 is 5.73 Å². The van der Waals surface area contributed by atoms with E-state index in [0.29, 0.717) is 17.5 Å². The quantitative estimate of drug-likeness (QED) is 0.764. The molecule has 1 aliphatic rings. The second kappa shape index (κ2) is 8.12. The van der Waals surface area contributed by atoms with Crippen LogP contribution in [0.5, 0.6) is 0 Å². The third-order valence-corrected chi connectivity index (χ3v) is 4.44. The molecule has 0 aliphatic heterocycles. The van der Waals surface area contributed by atoms with Gasteiger partial charge >= 0.3 is 0 Å². The second-order valence-corrected chi connectivity index (χ2v) is 6.81. The van der Waals surface area contributed by atoms with Gasteiger partial charge in [0.1, 0.15) is 0 Å². The predicted octanol–water partition coefficient (Wildman–Crippen LogP) is 4.85. The van der Waals surface area contributed by atoms with E-state index in [4.69, 9.17) is 15.1 Å². The molecule has 0 aromatic carbocycles. The summed E-state index contributed by atoms with van der Waals surface area (Å²) in [5, 5.41) is 8.23. The van der Waals surface area contributed by atoms with Crippen molar-refractivity contribution < 1.29 is 4.42 Å². The number of nitrogens with two attached hydrogens (primary N) is 1. The maximum absolute atomic E-state index is 6.05. The van der Waals surface area contributed by atoms with Gasteiger partial charge in [-0.1, -0.05) is 44.2 Å². The number of rotatable bonds is 5. The van der Waals surface area contributed by atoms with Gasteiger partial charge in [-0.2, -0.15) is 0 Å². The van der Waals surface area contributed by atoms with E-state index in [1.165, 1.54) is 11.1 Å². The van der Waals surface area contributed by atoms with Gasteiger partial charge in [0, 0.05) is 5.57 Å². The summed E-state index contributed by atoms with van der Waals surface area (Å²) in [7, 11) is 0. The van der Waals surface area contributed by atoms with Gasteiger partial charge < -0.3 is 10.2 Å². The van der Waals surface area contributed by atoms with E-state index in [2.05, 4.69) is 41.2 Å². The SMILES string of the molecule is C/C=C\C=C(/C)c1nnc(-c2nc(C3=C(C(C)C)C=CCC3)cnc2N)o1. The Labute approximate surface area is 159 Å². The molecular formula is C21H25N5O. The van der Waals surface area contributed by atoms with Gasteiger partial charge in [-0.3, -0.25) is 0 Å². The van der Waals surface area contributed by atoms with E-state index < -0.39 is 0 Å². The van der Waals surface area contributed by atoms with Gasteiger partial charge in [-0.15, -0.1) is 10.2 Å². The van der Waals surface area contributed by atoms with E-state index in [-0.39, 0.29) is 11.7 Å². The zero-order valence-corrected chi connectivity index (χ0v) is 16.2. The fourth-order valence-corrected chi connectivity index (χ4v) is 2.99. The van der Waals surface area contributed by atoms with Crippen LogP contribution in [0.4, 0.5) is 5.82 Å². The molecule has 0 spiro atoms. The summed E-state index contributed by atoms with van der Waals surface area (Å²) in [6.07, 6.45) is 13.8. The molecule has 2 aromatic heterocycles. The molecule has 2 heterocycles. The highest BCUT2D eigenvalue weighted by molar-refractivity contribution is 5.73. The molecule has 0 amide bonds. The normalized spacial score (nSPS) is 15.4. The van der Waals surface area contributed by atoms with Gasteiger partial charge in [0.05, 0.1) is 11.9 Å². The number of aromatic nitrogens is 4. The van der Waals surface area contributed by atoms with E-state index >= 15 is 0 Å². The molecule has 0 fully saturated rings. The Bertz CT molecular complexity index is 947. The van der Waals surface area contributed by atoms with Crippen LogP contribution in [0, 0.1) is 5.92 Å². The largest absolute Gasteiger partial charge is 0.415 e. The summed E-state index contributed by atoms with van der Waals surface area (Å²) in [6.45, 7) is 8.23. The van der Waals surface area contributed by atoms with Gasteiger partial charge in [-0.25, -0.2) is 9.97 Å². The molecular weight excluding hydrogens is 338 g/mol. The lowest BCUT2D eigenvalue weighted by Gasteiger charge is -2.18. The van der Waals surface area contributed by atoms with E-state index in [1.807, 2.05) is 32.1 Å². The standard InChI is InChI=1S/C21H25N5O/c1-5-6-9-14(4)20-25-26-21(27-20)18-19(22)23-12-17(24-18)16-11-8-7-10-15(16)13(2)3/h5-7,9-10,12-13H,8,11H2,1-4H3,(H2,22,23)/b6-5-,14-9+.